The maximum atomic E-state index is 12.9. The fraction of sp³-hybridized carbons (Fsp3) is 0.636. The lowest BCUT2D eigenvalue weighted by Crippen LogP contribution is -2.25. The molecule has 1 aliphatic carbocycles. The third-order valence-electron chi connectivity index (χ3n) is 3.02. The van der Waals surface area contributed by atoms with Crippen molar-refractivity contribution < 1.29 is 4.39 Å². The molecule has 1 fully saturated rings. The van der Waals surface area contributed by atoms with Crippen molar-refractivity contribution in [3.8, 4) is 0 Å². The molecule has 0 radical (unpaired) electrons. The second kappa shape index (κ2) is 4.55. The van der Waals surface area contributed by atoms with Crippen molar-refractivity contribution in [3.63, 3.8) is 0 Å². The van der Waals surface area contributed by atoms with Crippen molar-refractivity contribution in [2.24, 2.45) is 5.92 Å². The van der Waals surface area contributed by atoms with Crippen molar-refractivity contribution in [3.05, 3.63) is 18.3 Å². The number of hydrogen-bond acceptors (Lipinski definition) is 3. The molecule has 4 heteroatoms. The zero-order chi connectivity index (χ0) is 10.7. The van der Waals surface area contributed by atoms with Crippen LogP contribution in [0.15, 0.2) is 12.4 Å². The molecule has 1 aromatic heterocycles. The Morgan fingerprint density at radius 3 is 2.80 bits per heavy atom. The normalized spacial score (nSPS) is 16.9. The van der Waals surface area contributed by atoms with Gasteiger partial charge in [0.25, 0.3) is 0 Å². The van der Waals surface area contributed by atoms with Gasteiger partial charge in [0.2, 0.25) is 5.95 Å². The number of hydrogen-bond donors (Lipinski definition) is 0. The first kappa shape index (κ1) is 10.3. The van der Waals surface area contributed by atoms with Crippen LogP contribution in [0, 0.1) is 11.9 Å². The second-order valence-electron chi connectivity index (χ2n) is 4.23. The van der Waals surface area contributed by atoms with Crippen LogP contribution in [0.2, 0.25) is 0 Å². The number of anilines is 1. The third kappa shape index (κ3) is 2.64. The van der Waals surface area contributed by atoms with Crippen LogP contribution in [0.25, 0.3) is 0 Å². The van der Waals surface area contributed by atoms with Crippen molar-refractivity contribution in [1.29, 1.82) is 0 Å². The molecule has 0 N–H and O–H groups in total. The van der Waals surface area contributed by atoms with Crippen LogP contribution in [0.1, 0.15) is 25.7 Å². The molecule has 1 aliphatic rings. The Labute approximate surface area is 89.3 Å². The maximum Gasteiger partial charge on any atom is 0.218 e. The smallest absolute Gasteiger partial charge is 0.218 e. The van der Waals surface area contributed by atoms with Crippen molar-refractivity contribution in [1.82, 2.24) is 9.97 Å². The molecular weight excluding hydrogens is 193 g/mol. The Hall–Kier alpha value is -1.19. The van der Waals surface area contributed by atoms with Crippen LogP contribution in [0.3, 0.4) is 0 Å². The van der Waals surface area contributed by atoms with Crippen LogP contribution in [0.4, 0.5) is 10.2 Å². The molecule has 1 saturated carbocycles. The number of nitrogens with zero attached hydrogens (tertiary/aromatic N) is 3. The molecule has 0 unspecified atom stereocenters. The van der Waals surface area contributed by atoms with E-state index in [1.807, 2.05) is 11.9 Å². The quantitative estimate of drug-likeness (QED) is 0.715. The number of halogens is 1. The van der Waals surface area contributed by atoms with Crippen LogP contribution in [0.5, 0.6) is 0 Å². The van der Waals surface area contributed by atoms with E-state index in [0.717, 1.165) is 12.5 Å². The van der Waals surface area contributed by atoms with Gasteiger partial charge in [-0.1, -0.05) is 12.8 Å². The highest BCUT2D eigenvalue weighted by Gasteiger charge is 2.17. The molecule has 3 nitrogen and oxygen atoms in total. The fourth-order valence-electron chi connectivity index (χ4n) is 2.21. The van der Waals surface area contributed by atoms with E-state index in [-0.39, 0.29) is 0 Å². The first-order valence-electron chi connectivity index (χ1n) is 5.44. The minimum Gasteiger partial charge on any atom is -0.359 e. The summed E-state index contributed by atoms with van der Waals surface area (Å²) < 4.78 is 12.9. The Morgan fingerprint density at radius 1 is 1.40 bits per heavy atom. The number of aromatic nitrogens is 2. The summed E-state index contributed by atoms with van der Waals surface area (Å²) in [6.07, 6.45) is 6.51. The highest BCUT2D eigenvalue weighted by Crippen LogP contribution is 2.26. The van der Waals surface area contributed by atoms with Gasteiger partial charge in [-0.25, -0.2) is 9.97 Å². The molecule has 1 aromatic rings. The summed E-state index contributed by atoms with van der Waals surface area (Å²) in [4.78, 5) is 9.52. The Bertz CT molecular complexity index is 323. The van der Waals surface area contributed by atoms with Gasteiger partial charge in [0.1, 0.15) is 12.1 Å². The van der Waals surface area contributed by atoms with E-state index in [0.29, 0.717) is 5.82 Å². The van der Waals surface area contributed by atoms with Gasteiger partial charge in [0.15, 0.2) is 0 Å². The molecule has 0 aliphatic heterocycles. The fourth-order valence-corrected chi connectivity index (χ4v) is 2.21. The van der Waals surface area contributed by atoms with Gasteiger partial charge in [-0.2, -0.15) is 4.39 Å². The summed E-state index contributed by atoms with van der Waals surface area (Å²) in [5, 5.41) is 0. The number of rotatable bonds is 3. The molecule has 0 amide bonds. The Morgan fingerprint density at radius 2 is 2.13 bits per heavy atom. The van der Waals surface area contributed by atoms with Crippen molar-refractivity contribution in [2.75, 3.05) is 18.5 Å². The monoisotopic (exact) mass is 209 g/mol. The molecule has 0 aromatic carbocycles. The van der Waals surface area contributed by atoms with Gasteiger partial charge in [0.05, 0.1) is 0 Å². The predicted octanol–water partition coefficient (Wildman–Crippen LogP) is 2.24. The van der Waals surface area contributed by atoms with Gasteiger partial charge in [0, 0.05) is 19.7 Å². The standard InChI is InChI=1S/C11H16FN3/c1-15(7-9-4-2-3-5-9)11-6-10(12)13-8-14-11/h6,8-9H,2-5,7H2,1H3. The van der Waals surface area contributed by atoms with Gasteiger partial charge in [-0.3, -0.25) is 0 Å². The summed E-state index contributed by atoms with van der Waals surface area (Å²) in [7, 11) is 1.96. The molecule has 2 rings (SSSR count). The largest absolute Gasteiger partial charge is 0.359 e. The summed E-state index contributed by atoms with van der Waals surface area (Å²) >= 11 is 0. The van der Waals surface area contributed by atoms with Crippen LogP contribution in [-0.2, 0) is 0 Å². The first-order valence-corrected chi connectivity index (χ1v) is 5.44. The predicted molar refractivity (Wildman–Crippen MR) is 57.2 cm³/mol. The van der Waals surface area contributed by atoms with E-state index < -0.39 is 5.95 Å². The zero-order valence-electron chi connectivity index (χ0n) is 8.99. The molecule has 15 heavy (non-hydrogen) atoms. The lowest BCUT2D eigenvalue weighted by atomic mass is 10.1. The van der Waals surface area contributed by atoms with Crippen LogP contribution < -0.4 is 4.90 Å². The average molecular weight is 209 g/mol. The van der Waals surface area contributed by atoms with Crippen LogP contribution >= 0.6 is 0 Å². The molecule has 82 valence electrons. The summed E-state index contributed by atoms with van der Waals surface area (Å²) in [5.41, 5.74) is 0. The molecular formula is C11H16FN3. The van der Waals surface area contributed by atoms with Crippen molar-refractivity contribution >= 4 is 5.82 Å². The third-order valence-corrected chi connectivity index (χ3v) is 3.02. The van der Waals surface area contributed by atoms with E-state index in [1.54, 1.807) is 0 Å². The van der Waals surface area contributed by atoms with E-state index in [1.165, 1.54) is 38.1 Å². The first-order chi connectivity index (χ1) is 7.25. The summed E-state index contributed by atoms with van der Waals surface area (Å²) in [5.74, 6) is 0.959. The van der Waals surface area contributed by atoms with E-state index in [4.69, 9.17) is 0 Å². The Kier molecular flexibility index (Phi) is 3.14. The topological polar surface area (TPSA) is 29.0 Å². The maximum absolute atomic E-state index is 12.9. The SMILES string of the molecule is CN(CC1CCCC1)c1cc(F)ncn1. The van der Waals surface area contributed by atoms with Crippen molar-refractivity contribution in [2.45, 2.75) is 25.7 Å². The molecule has 0 atom stereocenters. The van der Waals surface area contributed by atoms with Gasteiger partial charge in [-0.15, -0.1) is 0 Å². The van der Waals surface area contributed by atoms with E-state index >= 15 is 0 Å². The second-order valence-corrected chi connectivity index (χ2v) is 4.23. The minimum atomic E-state index is -0.460. The van der Waals surface area contributed by atoms with E-state index in [2.05, 4.69) is 9.97 Å². The van der Waals surface area contributed by atoms with Gasteiger partial charge >= 0.3 is 0 Å². The molecule has 0 spiro atoms. The zero-order valence-corrected chi connectivity index (χ0v) is 8.99. The minimum absolute atomic E-state index is 0.460. The summed E-state index contributed by atoms with van der Waals surface area (Å²) in [6.45, 7) is 0.969. The summed E-state index contributed by atoms with van der Waals surface area (Å²) in [6, 6.07) is 1.38. The molecule has 0 bridgehead atoms. The highest BCUT2D eigenvalue weighted by molar-refractivity contribution is 5.35. The van der Waals surface area contributed by atoms with E-state index in [9.17, 15) is 4.39 Å². The Balaban J connectivity index is 1.97. The lowest BCUT2D eigenvalue weighted by molar-refractivity contribution is 0.540. The average Bonchev–Trinajstić information content (AvgIpc) is 2.70. The highest BCUT2D eigenvalue weighted by atomic mass is 19.1. The van der Waals surface area contributed by atoms with Crippen LogP contribution in [-0.4, -0.2) is 23.6 Å². The molecule has 1 heterocycles. The molecule has 0 saturated heterocycles. The lowest BCUT2D eigenvalue weighted by Gasteiger charge is -2.21. The van der Waals surface area contributed by atoms with Gasteiger partial charge in [-0.05, 0) is 18.8 Å². The van der Waals surface area contributed by atoms with Gasteiger partial charge < -0.3 is 4.90 Å².